The number of nitrogens with one attached hydrogen (secondary N) is 2. The molecule has 6 nitrogen and oxygen atoms in total. The number of benzene rings is 2. The topological polar surface area (TPSA) is 84.2 Å². The molecule has 4 rings (SSSR count). The number of ether oxygens (including phenoxy) is 2. The van der Waals surface area contributed by atoms with Crippen molar-refractivity contribution in [2.24, 2.45) is 0 Å². The number of H-pyrrole nitrogens is 2. The highest BCUT2D eigenvalue weighted by Gasteiger charge is 2.26. The molecule has 0 unspecified atom stereocenters. The molecule has 0 atom stereocenters. The summed E-state index contributed by atoms with van der Waals surface area (Å²) in [5.74, 6) is -1.47. The third-order valence-corrected chi connectivity index (χ3v) is 4.60. The number of aromatic amines is 2. The predicted molar refractivity (Wildman–Crippen MR) is 104 cm³/mol. The standard InChI is InChI=1S/C21H17FN2O4/c1-3-28-21(26)16-15(12-8-6-10-14(27-2)17(12)22)19-18(24-20(16)25)11-7-4-5-9-13(11)23-19/h4-10,23H,3H2,1-2H3,(H,24,25). The molecule has 0 bridgehead atoms. The maximum absolute atomic E-state index is 15.1. The van der Waals surface area contributed by atoms with Crippen LogP contribution in [-0.4, -0.2) is 29.7 Å². The van der Waals surface area contributed by atoms with E-state index in [1.807, 2.05) is 24.3 Å². The quantitative estimate of drug-likeness (QED) is 0.524. The monoisotopic (exact) mass is 380 g/mol. The number of methoxy groups -OCH3 is 1. The molecule has 28 heavy (non-hydrogen) atoms. The number of carbonyl (C=O) groups is 1. The van der Waals surface area contributed by atoms with Crippen LogP contribution >= 0.6 is 0 Å². The van der Waals surface area contributed by atoms with Crippen molar-refractivity contribution in [2.45, 2.75) is 6.92 Å². The minimum Gasteiger partial charge on any atom is -0.494 e. The van der Waals surface area contributed by atoms with Crippen LogP contribution < -0.4 is 10.3 Å². The lowest BCUT2D eigenvalue weighted by molar-refractivity contribution is 0.0525. The van der Waals surface area contributed by atoms with E-state index in [0.29, 0.717) is 11.0 Å². The van der Waals surface area contributed by atoms with Gasteiger partial charge in [-0.2, -0.15) is 0 Å². The van der Waals surface area contributed by atoms with Crippen molar-refractivity contribution in [3.63, 3.8) is 0 Å². The third-order valence-electron chi connectivity index (χ3n) is 4.60. The largest absolute Gasteiger partial charge is 0.494 e. The lowest BCUT2D eigenvalue weighted by atomic mass is 9.98. The Balaban J connectivity index is 2.19. The minimum atomic E-state index is -0.818. The Kier molecular flexibility index (Phi) is 4.35. The van der Waals surface area contributed by atoms with Crippen molar-refractivity contribution >= 4 is 27.9 Å². The maximum atomic E-state index is 15.1. The second kappa shape index (κ2) is 6.84. The maximum Gasteiger partial charge on any atom is 0.344 e. The van der Waals surface area contributed by atoms with Gasteiger partial charge in [-0.15, -0.1) is 0 Å². The molecule has 2 N–H and O–H groups in total. The van der Waals surface area contributed by atoms with E-state index in [1.165, 1.54) is 19.2 Å². The highest BCUT2D eigenvalue weighted by atomic mass is 19.1. The van der Waals surface area contributed by atoms with Crippen LogP contribution in [0, 0.1) is 5.82 Å². The summed E-state index contributed by atoms with van der Waals surface area (Å²) >= 11 is 0. The van der Waals surface area contributed by atoms with E-state index < -0.39 is 17.3 Å². The van der Waals surface area contributed by atoms with Crippen molar-refractivity contribution in [3.8, 4) is 16.9 Å². The summed E-state index contributed by atoms with van der Waals surface area (Å²) in [5.41, 5.74) is 0.997. The van der Waals surface area contributed by atoms with Gasteiger partial charge in [-0.1, -0.05) is 30.3 Å². The molecule has 0 saturated carbocycles. The van der Waals surface area contributed by atoms with Crippen LogP contribution in [0.4, 0.5) is 4.39 Å². The average Bonchev–Trinajstić information content (AvgIpc) is 3.06. The van der Waals surface area contributed by atoms with E-state index in [0.717, 1.165) is 10.9 Å². The van der Waals surface area contributed by atoms with Crippen LogP contribution in [0.3, 0.4) is 0 Å². The van der Waals surface area contributed by atoms with Gasteiger partial charge in [-0.3, -0.25) is 4.79 Å². The lowest BCUT2D eigenvalue weighted by Crippen LogP contribution is -2.21. The number of hydrogen-bond acceptors (Lipinski definition) is 4. The van der Waals surface area contributed by atoms with Gasteiger partial charge in [0.15, 0.2) is 11.6 Å². The SMILES string of the molecule is CCOC(=O)c1c(-c2cccc(OC)c2F)c2[nH]c3ccccc3c2[nH]c1=O. The van der Waals surface area contributed by atoms with Crippen LogP contribution in [0.25, 0.3) is 33.1 Å². The highest BCUT2D eigenvalue weighted by Crippen LogP contribution is 2.36. The Morgan fingerprint density at radius 1 is 1.07 bits per heavy atom. The van der Waals surface area contributed by atoms with Crippen molar-refractivity contribution in [1.82, 2.24) is 9.97 Å². The molecule has 0 fully saturated rings. The predicted octanol–water partition coefficient (Wildman–Crippen LogP) is 4.00. The molecule has 0 saturated heterocycles. The Morgan fingerprint density at radius 3 is 2.61 bits per heavy atom. The molecule has 7 heteroatoms. The van der Waals surface area contributed by atoms with Crippen LogP contribution in [0.2, 0.25) is 0 Å². The molecule has 2 aromatic carbocycles. The first kappa shape index (κ1) is 17.8. The molecular formula is C21H17FN2O4. The highest BCUT2D eigenvalue weighted by molar-refractivity contribution is 6.13. The molecule has 0 aliphatic heterocycles. The number of halogens is 1. The number of para-hydroxylation sites is 1. The molecule has 0 aliphatic rings. The van der Waals surface area contributed by atoms with Gasteiger partial charge in [0.2, 0.25) is 0 Å². The lowest BCUT2D eigenvalue weighted by Gasteiger charge is -2.12. The van der Waals surface area contributed by atoms with Gasteiger partial charge < -0.3 is 19.4 Å². The normalized spacial score (nSPS) is 11.1. The fraction of sp³-hybridized carbons (Fsp3) is 0.143. The first-order valence-electron chi connectivity index (χ1n) is 8.73. The van der Waals surface area contributed by atoms with Crippen LogP contribution in [0.1, 0.15) is 17.3 Å². The summed E-state index contributed by atoms with van der Waals surface area (Å²) < 4.78 is 25.2. The van der Waals surface area contributed by atoms with Crippen molar-refractivity contribution < 1.29 is 18.7 Å². The third kappa shape index (κ3) is 2.63. The summed E-state index contributed by atoms with van der Waals surface area (Å²) in [6, 6.07) is 11.9. The van der Waals surface area contributed by atoms with Gasteiger partial charge in [-0.05, 0) is 19.1 Å². The van der Waals surface area contributed by atoms with E-state index >= 15 is 4.39 Å². The number of fused-ring (bicyclic) bond motifs is 3. The molecule has 142 valence electrons. The second-order valence-electron chi connectivity index (χ2n) is 6.17. The van der Waals surface area contributed by atoms with Crippen LogP contribution in [-0.2, 0) is 4.74 Å². The first-order chi connectivity index (χ1) is 13.6. The molecule has 4 aromatic rings. The van der Waals surface area contributed by atoms with Gasteiger partial charge in [0.05, 0.1) is 24.8 Å². The van der Waals surface area contributed by atoms with Gasteiger partial charge in [0.1, 0.15) is 5.56 Å². The number of esters is 1. The molecule has 2 aromatic heterocycles. The number of aromatic nitrogens is 2. The van der Waals surface area contributed by atoms with E-state index in [-0.39, 0.29) is 29.0 Å². The summed E-state index contributed by atoms with van der Waals surface area (Å²) in [4.78, 5) is 31.3. The Bertz CT molecular complexity index is 1270. The fourth-order valence-corrected chi connectivity index (χ4v) is 3.40. The van der Waals surface area contributed by atoms with E-state index in [2.05, 4.69) is 9.97 Å². The number of pyridine rings is 1. The summed E-state index contributed by atoms with van der Waals surface area (Å²) in [7, 11) is 1.35. The van der Waals surface area contributed by atoms with Crippen molar-refractivity contribution in [1.29, 1.82) is 0 Å². The zero-order valence-electron chi connectivity index (χ0n) is 15.3. The molecular weight excluding hydrogens is 363 g/mol. The zero-order chi connectivity index (χ0) is 19.8. The molecule has 0 aliphatic carbocycles. The van der Waals surface area contributed by atoms with E-state index in [9.17, 15) is 9.59 Å². The Labute approximate surface area is 158 Å². The first-order valence-corrected chi connectivity index (χ1v) is 8.73. The van der Waals surface area contributed by atoms with E-state index in [4.69, 9.17) is 9.47 Å². The van der Waals surface area contributed by atoms with Crippen LogP contribution in [0.15, 0.2) is 47.3 Å². The minimum absolute atomic E-state index is 0.0110. The van der Waals surface area contributed by atoms with Crippen molar-refractivity contribution in [2.75, 3.05) is 13.7 Å². The van der Waals surface area contributed by atoms with Crippen molar-refractivity contribution in [3.05, 3.63) is 64.2 Å². The molecule has 0 amide bonds. The fourth-order valence-electron chi connectivity index (χ4n) is 3.40. The zero-order valence-corrected chi connectivity index (χ0v) is 15.3. The summed E-state index contributed by atoms with van der Waals surface area (Å²) in [5, 5.41) is 0.759. The summed E-state index contributed by atoms with van der Waals surface area (Å²) in [6.45, 7) is 1.72. The molecule has 0 radical (unpaired) electrons. The van der Waals surface area contributed by atoms with Crippen LogP contribution in [0.5, 0.6) is 5.75 Å². The summed E-state index contributed by atoms with van der Waals surface area (Å²) in [6.07, 6.45) is 0. The van der Waals surface area contributed by atoms with Gasteiger partial charge in [0.25, 0.3) is 5.56 Å². The average molecular weight is 380 g/mol. The van der Waals surface area contributed by atoms with E-state index in [1.54, 1.807) is 13.0 Å². The number of hydrogen-bond donors (Lipinski definition) is 2. The number of carbonyl (C=O) groups excluding carboxylic acids is 1. The van der Waals surface area contributed by atoms with Gasteiger partial charge >= 0.3 is 5.97 Å². The van der Waals surface area contributed by atoms with Gasteiger partial charge in [-0.25, -0.2) is 9.18 Å². The number of rotatable bonds is 4. The Morgan fingerprint density at radius 2 is 1.86 bits per heavy atom. The smallest absolute Gasteiger partial charge is 0.344 e. The molecule has 0 spiro atoms. The second-order valence-corrected chi connectivity index (χ2v) is 6.17. The molecule has 2 heterocycles. The Hall–Kier alpha value is -3.61. The van der Waals surface area contributed by atoms with Gasteiger partial charge in [0, 0.05) is 22.0 Å².